The number of nitrogens with one attached hydrogen (secondary N) is 1. The van der Waals surface area contributed by atoms with Crippen LogP contribution in [0.2, 0.25) is 0 Å². The summed E-state index contributed by atoms with van der Waals surface area (Å²) in [6, 6.07) is 11.0. The van der Waals surface area contributed by atoms with Gasteiger partial charge >= 0.3 is 11.3 Å². The highest BCUT2D eigenvalue weighted by molar-refractivity contribution is 9.10. The number of H-pyrrole nitrogens is 1. The number of hydrogen-bond donors (Lipinski definition) is 1. The zero-order chi connectivity index (χ0) is 23.0. The van der Waals surface area contributed by atoms with Gasteiger partial charge in [-0.25, -0.2) is 4.90 Å². The van der Waals surface area contributed by atoms with Crippen LogP contribution >= 0.6 is 27.7 Å². The fourth-order valence-corrected chi connectivity index (χ4v) is 4.88. The van der Waals surface area contributed by atoms with E-state index in [9.17, 15) is 9.59 Å². The second-order valence-corrected chi connectivity index (χ2v) is 8.65. The van der Waals surface area contributed by atoms with Crippen LogP contribution in [-0.2, 0) is 4.79 Å². The number of amides is 1. The highest BCUT2D eigenvalue weighted by Gasteiger charge is 2.45. The fraction of sp³-hybridized carbons (Fsp3) is 0.273. The molecule has 2 heterocycles. The van der Waals surface area contributed by atoms with Crippen molar-refractivity contribution in [3.63, 3.8) is 0 Å². The molecule has 0 unspecified atom stereocenters. The van der Waals surface area contributed by atoms with Gasteiger partial charge in [-0.3, -0.25) is 14.6 Å². The third-order valence-corrected chi connectivity index (χ3v) is 6.44. The third-order valence-electron chi connectivity index (χ3n) is 5.28. The second-order valence-electron chi connectivity index (χ2n) is 7.00. The van der Waals surface area contributed by atoms with Gasteiger partial charge in [0, 0.05) is 11.5 Å². The zero-order valence-electron chi connectivity index (χ0n) is 18.0. The molecule has 0 aliphatic carbocycles. The number of carbonyl (C=O) groups is 1. The molecule has 1 aliphatic heterocycles. The maximum Gasteiger partial charge on any atom is 0.325 e. The fourth-order valence-electron chi connectivity index (χ4n) is 3.89. The predicted molar refractivity (Wildman–Crippen MR) is 125 cm³/mol. The number of carbonyl (C=O) groups excluding carboxylic acids is 1. The quantitative estimate of drug-likeness (QED) is 0.411. The van der Waals surface area contributed by atoms with Crippen LogP contribution in [0.15, 0.2) is 50.8 Å². The van der Waals surface area contributed by atoms with E-state index in [1.165, 1.54) is 11.8 Å². The minimum Gasteiger partial charge on any atom is -0.493 e. The maximum absolute atomic E-state index is 13.3. The van der Waals surface area contributed by atoms with Gasteiger partial charge in [-0.15, -0.1) is 0 Å². The number of rotatable bonds is 5. The molecule has 0 spiro atoms. The van der Waals surface area contributed by atoms with Crippen molar-refractivity contribution in [1.29, 1.82) is 0 Å². The molecule has 0 saturated heterocycles. The lowest BCUT2D eigenvalue weighted by Crippen LogP contribution is -2.60. The van der Waals surface area contributed by atoms with Gasteiger partial charge in [0.05, 0.1) is 35.5 Å². The number of nitrogens with zero attached hydrogens (tertiary/aromatic N) is 3. The average molecular weight is 518 g/mol. The minimum atomic E-state index is -0.698. The van der Waals surface area contributed by atoms with Gasteiger partial charge < -0.3 is 9.47 Å². The molecule has 1 atom stereocenters. The number of hydrogen-bond acceptors (Lipinski definition) is 6. The lowest BCUT2D eigenvalue weighted by molar-refractivity contribution is -0.763. The van der Waals surface area contributed by atoms with Gasteiger partial charge in [0.15, 0.2) is 11.5 Å². The second kappa shape index (κ2) is 8.95. The Morgan fingerprint density at radius 2 is 2.03 bits per heavy atom. The van der Waals surface area contributed by atoms with Gasteiger partial charge in [0.25, 0.3) is 6.17 Å². The Morgan fingerprint density at radius 3 is 2.69 bits per heavy atom. The lowest BCUT2D eigenvalue weighted by Gasteiger charge is -2.32. The van der Waals surface area contributed by atoms with E-state index in [4.69, 9.17) is 9.47 Å². The van der Waals surface area contributed by atoms with Crippen molar-refractivity contribution in [3.05, 3.63) is 56.8 Å². The Hall–Kier alpha value is -2.85. The van der Waals surface area contributed by atoms with Gasteiger partial charge in [-0.05, 0) is 51.1 Å². The summed E-state index contributed by atoms with van der Waals surface area (Å²) in [5, 5.41) is 5.14. The topological polar surface area (TPSA) is 88.4 Å². The molecule has 1 aliphatic rings. The average Bonchev–Trinajstić information content (AvgIpc) is 2.81. The van der Waals surface area contributed by atoms with Crippen molar-refractivity contribution in [2.45, 2.75) is 24.7 Å². The molecular weight excluding hydrogens is 496 g/mol. The van der Waals surface area contributed by atoms with E-state index in [-0.39, 0.29) is 17.9 Å². The Morgan fingerprint density at radius 1 is 1.28 bits per heavy atom. The first-order valence-electron chi connectivity index (χ1n) is 9.88. The molecule has 2 aromatic carbocycles. The summed E-state index contributed by atoms with van der Waals surface area (Å²) in [7, 11) is 3.11. The Labute approximate surface area is 197 Å². The Balaban J connectivity index is 2.09. The molecule has 0 bridgehead atoms. The van der Waals surface area contributed by atoms with E-state index in [0.717, 1.165) is 0 Å². The standard InChI is InChI=1S/C22H21BrN4O4S/c1-5-17(28)26-15-9-7-6-8-13(15)18-20(29)24-22(32-4)25-27(18)21(26)12-10-14(23)19(31-3)16(11-12)30-2/h6-11,21H,5H2,1-4H3/p+1/t21-/m1/s1. The maximum atomic E-state index is 13.3. The molecule has 166 valence electrons. The first-order chi connectivity index (χ1) is 15.4. The molecule has 32 heavy (non-hydrogen) atoms. The van der Waals surface area contributed by atoms with E-state index in [1.807, 2.05) is 43.5 Å². The number of para-hydroxylation sites is 1. The van der Waals surface area contributed by atoms with Crippen LogP contribution in [0.4, 0.5) is 5.69 Å². The highest BCUT2D eigenvalue weighted by atomic mass is 79.9. The molecule has 1 aromatic heterocycles. The Bertz CT molecular complexity index is 1260. The van der Waals surface area contributed by atoms with E-state index in [1.54, 1.807) is 29.9 Å². The molecule has 8 nitrogen and oxygen atoms in total. The van der Waals surface area contributed by atoms with Crippen molar-refractivity contribution < 1.29 is 19.0 Å². The van der Waals surface area contributed by atoms with Crippen LogP contribution in [0.3, 0.4) is 0 Å². The third kappa shape index (κ3) is 3.57. The predicted octanol–water partition coefficient (Wildman–Crippen LogP) is 3.53. The molecule has 3 aromatic rings. The first-order valence-corrected chi connectivity index (χ1v) is 11.9. The van der Waals surface area contributed by atoms with Crippen molar-refractivity contribution >= 4 is 39.3 Å². The summed E-state index contributed by atoms with van der Waals surface area (Å²) in [5.74, 6) is 0.936. The van der Waals surface area contributed by atoms with Crippen LogP contribution in [0.5, 0.6) is 11.5 Å². The van der Waals surface area contributed by atoms with Crippen molar-refractivity contribution in [1.82, 2.24) is 10.1 Å². The number of benzene rings is 2. The number of methoxy groups -OCH3 is 2. The first kappa shape index (κ1) is 22.3. The van der Waals surface area contributed by atoms with E-state index >= 15 is 0 Å². The number of halogens is 1. The molecular formula is C22H22BrN4O4S+. The molecule has 1 N–H and O–H groups in total. The van der Waals surface area contributed by atoms with E-state index < -0.39 is 6.17 Å². The van der Waals surface area contributed by atoms with Gasteiger partial charge in [-0.1, -0.05) is 30.8 Å². The highest BCUT2D eigenvalue weighted by Crippen LogP contribution is 2.42. The molecule has 1 amide bonds. The molecule has 0 radical (unpaired) electrons. The van der Waals surface area contributed by atoms with Crippen LogP contribution in [-0.4, -0.2) is 36.5 Å². The van der Waals surface area contributed by atoms with Crippen LogP contribution in [0.1, 0.15) is 25.1 Å². The Kier molecular flexibility index (Phi) is 6.25. The number of thioether (sulfide) groups is 1. The summed E-state index contributed by atoms with van der Waals surface area (Å²) in [6.45, 7) is 1.81. The molecule has 0 saturated carbocycles. The van der Waals surface area contributed by atoms with Gasteiger partial charge in [-0.2, -0.15) is 0 Å². The smallest absolute Gasteiger partial charge is 0.325 e. The van der Waals surface area contributed by atoms with E-state index in [2.05, 4.69) is 26.0 Å². The number of anilines is 1. The molecule has 0 fully saturated rings. The van der Waals surface area contributed by atoms with Crippen LogP contribution in [0, 0.1) is 0 Å². The lowest BCUT2D eigenvalue weighted by atomic mass is 10.0. The zero-order valence-corrected chi connectivity index (χ0v) is 20.4. The van der Waals surface area contributed by atoms with E-state index in [0.29, 0.717) is 43.6 Å². The van der Waals surface area contributed by atoms with Crippen molar-refractivity contribution in [2.24, 2.45) is 0 Å². The number of aromatic nitrogens is 3. The molecule has 10 heteroatoms. The monoisotopic (exact) mass is 517 g/mol. The van der Waals surface area contributed by atoms with Gasteiger partial charge in [0.2, 0.25) is 11.1 Å². The summed E-state index contributed by atoms with van der Waals surface area (Å²) in [4.78, 5) is 30.9. The largest absolute Gasteiger partial charge is 0.493 e. The number of ether oxygens (including phenoxy) is 2. The van der Waals surface area contributed by atoms with Crippen LogP contribution < -0.4 is 24.6 Å². The van der Waals surface area contributed by atoms with Crippen molar-refractivity contribution in [3.8, 4) is 22.8 Å². The normalized spacial score (nSPS) is 14.5. The summed E-state index contributed by atoms with van der Waals surface area (Å²) in [5.41, 5.74) is 2.12. The summed E-state index contributed by atoms with van der Waals surface area (Å²) in [6.07, 6.45) is 1.42. The van der Waals surface area contributed by atoms with Crippen LogP contribution in [0.25, 0.3) is 11.3 Å². The summed E-state index contributed by atoms with van der Waals surface area (Å²) >= 11 is 4.87. The number of aromatic amines is 1. The number of fused-ring (bicyclic) bond motifs is 3. The minimum absolute atomic E-state index is 0.0979. The van der Waals surface area contributed by atoms with Crippen molar-refractivity contribution in [2.75, 3.05) is 25.4 Å². The summed E-state index contributed by atoms with van der Waals surface area (Å²) < 4.78 is 13.3. The molecule has 4 rings (SSSR count). The van der Waals surface area contributed by atoms with Gasteiger partial charge in [0.1, 0.15) is 0 Å². The SMILES string of the molecule is CCC(=O)N1c2ccccc2-c2c(=O)[nH]c(SC)n[n+]2[C@@H]1c1cc(Br)c(OC)c(OC)c1.